The molecule has 0 saturated carbocycles. The minimum atomic E-state index is -5.24. The van der Waals surface area contributed by atoms with Crippen LogP contribution in [0.4, 0.5) is 0 Å². The predicted octanol–water partition coefficient (Wildman–Crippen LogP) is 0.536. The summed E-state index contributed by atoms with van der Waals surface area (Å²) in [6.45, 7) is 0. The monoisotopic (exact) mass is 310 g/mol. The molecule has 0 bridgehead atoms. The third-order valence-electron chi connectivity index (χ3n) is 2.42. The third kappa shape index (κ3) is 3.98. The first kappa shape index (κ1) is 16.0. The minimum absolute atomic E-state index is 0.147. The summed E-state index contributed by atoms with van der Waals surface area (Å²) in [7, 11) is -10.3. The van der Waals surface area contributed by atoms with Crippen LogP contribution < -0.4 is 0 Å². The molecule has 0 saturated heterocycles. The van der Waals surface area contributed by atoms with Gasteiger partial charge in [-0.3, -0.25) is 13.9 Å². The summed E-state index contributed by atoms with van der Waals surface area (Å²) in [5.74, 6) is -1.97. The Balaban J connectivity index is 3.45. The first-order valence-corrected chi connectivity index (χ1v) is 8.29. The maximum atomic E-state index is 11.4. The molecule has 0 aliphatic carbocycles. The van der Waals surface area contributed by atoms with Crippen LogP contribution >= 0.6 is 15.2 Å². The van der Waals surface area contributed by atoms with Gasteiger partial charge < -0.3 is 24.7 Å². The Morgan fingerprint density at radius 2 is 1.42 bits per heavy atom. The van der Waals surface area contributed by atoms with Gasteiger partial charge in [-0.2, -0.15) is 0 Å². The van der Waals surface area contributed by atoms with Gasteiger partial charge in [0.1, 0.15) is 5.66 Å². The Labute approximate surface area is 108 Å². The van der Waals surface area contributed by atoms with Crippen LogP contribution in [-0.2, 0) is 13.9 Å². The molecule has 2 unspecified atom stereocenters. The van der Waals surface area contributed by atoms with Crippen LogP contribution in [0, 0.1) is 0 Å². The van der Waals surface area contributed by atoms with Crippen molar-refractivity contribution in [3.63, 3.8) is 0 Å². The summed E-state index contributed by atoms with van der Waals surface area (Å²) >= 11 is 0. The zero-order valence-electron chi connectivity index (χ0n) is 9.40. The standard InChI is InChI=1S/C9H12O8P2/c10-9(11)8(19(15,16)17)7(18(12,13)14)6-4-2-1-3-5-6/h1-5,7-8H,(H,10,11)(H2,12,13,14)(H2,15,16,17). The Morgan fingerprint density at radius 1 is 0.947 bits per heavy atom. The molecule has 1 rings (SSSR count). The lowest BCUT2D eigenvalue weighted by Crippen LogP contribution is -2.28. The SMILES string of the molecule is O=C(O)C(C(c1ccccc1)P(=O)(O)O)P(=O)(O)O. The van der Waals surface area contributed by atoms with Gasteiger partial charge in [-0.15, -0.1) is 0 Å². The number of rotatable bonds is 5. The summed E-state index contributed by atoms with van der Waals surface area (Å²) in [5, 5.41) is 8.87. The molecule has 0 radical (unpaired) electrons. The first-order valence-electron chi connectivity index (χ1n) is 4.93. The molecule has 10 heteroatoms. The fraction of sp³-hybridized carbons (Fsp3) is 0.222. The van der Waals surface area contributed by atoms with Gasteiger partial charge in [-0.1, -0.05) is 30.3 Å². The topological polar surface area (TPSA) is 152 Å². The van der Waals surface area contributed by atoms with E-state index in [1.54, 1.807) is 0 Å². The lowest BCUT2D eigenvalue weighted by molar-refractivity contribution is -0.137. The van der Waals surface area contributed by atoms with Gasteiger partial charge in [0, 0.05) is 0 Å². The van der Waals surface area contributed by atoms with E-state index in [1.165, 1.54) is 30.3 Å². The number of benzene rings is 1. The Bertz CT molecular complexity index is 545. The number of carboxylic acids is 1. The van der Waals surface area contributed by atoms with Crippen LogP contribution in [0.5, 0.6) is 0 Å². The van der Waals surface area contributed by atoms with E-state index in [1.807, 2.05) is 0 Å². The summed E-state index contributed by atoms with van der Waals surface area (Å²) in [6, 6.07) is 6.70. The molecule has 19 heavy (non-hydrogen) atoms. The smallest absolute Gasteiger partial charge is 0.341 e. The van der Waals surface area contributed by atoms with Gasteiger partial charge in [0.2, 0.25) is 0 Å². The molecule has 0 amide bonds. The lowest BCUT2D eigenvalue weighted by Gasteiger charge is -2.25. The van der Waals surface area contributed by atoms with E-state index in [9.17, 15) is 23.7 Å². The van der Waals surface area contributed by atoms with Gasteiger partial charge in [0.05, 0.1) is 0 Å². The summed E-state index contributed by atoms with van der Waals surface area (Å²) < 4.78 is 22.6. The van der Waals surface area contributed by atoms with Gasteiger partial charge in [-0.05, 0) is 5.56 Å². The highest BCUT2D eigenvalue weighted by atomic mass is 31.2. The van der Waals surface area contributed by atoms with E-state index in [0.29, 0.717) is 0 Å². The van der Waals surface area contributed by atoms with Crippen molar-refractivity contribution in [2.24, 2.45) is 0 Å². The fourth-order valence-electron chi connectivity index (χ4n) is 1.67. The maximum Gasteiger partial charge on any atom is 0.341 e. The van der Waals surface area contributed by atoms with Crippen molar-refractivity contribution in [3.05, 3.63) is 35.9 Å². The van der Waals surface area contributed by atoms with Crippen molar-refractivity contribution in [2.75, 3.05) is 0 Å². The van der Waals surface area contributed by atoms with E-state index in [2.05, 4.69) is 0 Å². The van der Waals surface area contributed by atoms with Gasteiger partial charge >= 0.3 is 21.2 Å². The molecule has 106 valence electrons. The number of hydrogen-bond acceptors (Lipinski definition) is 3. The fourth-order valence-corrected chi connectivity index (χ4v) is 4.60. The number of aliphatic carboxylic acids is 1. The Morgan fingerprint density at radius 3 is 1.74 bits per heavy atom. The van der Waals surface area contributed by atoms with Crippen molar-refractivity contribution >= 4 is 21.2 Å². The van der Waals surface area contributed by atoms with E-state index in [-0.39, 0.29) is 5.56 Å². The maximum absolute atomic E-state index is 11.4. The van der Waals surface area contributed by atoms with Crippen molar-refractivity contribution in [1.29, 1.82) is 0 Å². The van der Waals surface area contributed by atoms with Crippen LogP contribution in [0.25, 0.3) is 0 Å². The second-order valence-electron chi connectivity index (χ2n) is 3.82. The molecule has 0 aliphatic heterocycles. The number of carbonyl (C=O) groups is 1. The Hall–Kier alpha value is -1.01. The quantitative estimate of drug-likeness (QED) is 0.494. The van der Waals surface area contributed by atoms with Crippen molar-refractivity contribution in [2.45, 2.75) is 11.3 Å². The van der Waals surface area contributed by atoms with Crippen molar-refractivity contribution in [1.82, 2.24) is 0 Å². The second kappa shape index (κ2) is 5.54. The van der Waals surface area contributed by atoms with E-state index in [0.717, 1.165) is 0 Å². The lowest BCUT2D eigenvalue weighted by atomic mass is 10.1. The molecule has 0 fully saturated rings. The van der Waals surface area contributed by atoms with E-state index >= 15 is 0 Å². The number of hydrogen-bond donors (Lipinski definition) is 5. The zero-order valence-corrected chi connectivity index (χ0v) is 11.2. The van der Waals surface area contributed by atoms with Crippen molar-refractivity contribution in [3.8, 4) is 0 Å². The summed E-state index contributed by atoms with van der Waals surface area (Å²) in [5.41, 5.74) is -4.76. The normalized spacial score (nSPS) is 15.8. The molecule has 2 atom stereocenters. The molecule has 1 aromatic carbocycles. The number of carboxylic acid groups (broad SMARTS) is 1. The van der Waals surface area contributed by atoms with Gasteiger partial charge in [0.15, 0.2) is 5.66 Å². The van der Waals surface area contributed by atoms with Crippen LogP contribution in [0.15, 0.2) is 30.3 Å². The Kier molecular flexibility index (Phi) is 4.68. The summed E-state index contributed by atoms with van der Waals surface area (Å²) in [6.07, 6.45) is 0. The van der Waals surface area contributed by atoms with E-state index < -0.39 is 32.5 Å². The highest BCUT2D eigenvalue weighted by Crippen LogP contribution is 2.62. The molecular formula is C9H12O8P2. The average molecular weight is 310 g/mol. The van der Waals surface area contributed by atoms with Gasteiger partial charge in [0.25, 0.3) is 0 Å². The van der Waals surface area contributed by atoms with Crippen LogP contribution in [0.1, 0.15) is 11.2 Å². The molecule has 5 N–H and O–H groups in total. The highest BCUT2D eigenvalue weighted by Gasteiger charge is 2.50. The molecule has 0 heterocycles. The second-order valence-corrected chi connectivity index (χ2v) is 7.29. The highest BCUT2D eigenvalue weighted by molar-refractivity contribution is 7.57. The largest absolute Gasteiger partial charge is 0.481 e. The minimum Gasteiger partial charge on any atom is -0.481 e. The molecule has 0 aliphatic rings. The van der Waals surface area contributed by atoms with Crippen molar-refractivity contribution < 1.29 is 38.6 Å². The third-order valence-corrected chi connectivity index (χ3v) is 5.22. The molecule has 0 spiro atoms. The van der Waals surface area contributed by atoms with Crippen LogP contribution in [0.3, 0.4) is 0 Å². The predicted molar refractivity (Wildman–Crippen MR) is 64.7 cm³/mol. The molecular weight excluding hydrogens is 298 g/mol. The van der Waals surface area contributed by atoms with Crippen LogP contribution in [-0.4, -0.2) is 36.3 Å². The van der Waals surface area contributed by atoms with E-state index in [4.69, 9.17) is 14.9 Å². The summed E-state index contributed by atoms with van der Waals surface area (Å²) in [4.78, 5) is 47.5. The molecule has 0 aromatic heterocycles. The zero-order chi connectivity index (χ0) is 14.8. The molecule has 8 nitrogen and oxygen atoms in total. The average Bonchev–Trinajstić information content (AvgIpc) is 2.23. The first-order chi connectivity index (χ1) is 8.55. The van der Waals surface area contributed by atoms with Crippen LogP contribution in [0.2, 0.25) is 0 Å². The van der Waals surface area contributed by atoms with Gasteiger partial charge in [-0.25, -0.2) is 0 Å². The molecule has 1 aromatic rings.